The van der Waals surface area contributed by atoms with Gasteiger partial charge in [-0.05, 0) is 24.3 Å². The Kier molecular flexibility index (Phi) is 5.77. The number of aromatic nitrogens is 2. The van der Waals surface area contributed by atoms with Crippen molar-refractivity contribution in [3.63, 3.8) is 0 Å². The quantitative estimate of drug-likeness (QED) is 0.706. The fourth-order valence-corrected chi connectivity index (χ4v) is 3.87. The van der Waals surface area contributed by atoms with Gasteiger partial charge in [-0.15, -0.1) is 0 Å². The fourth-order valence-electron chi connectivity index (χ4n) is 3.87. The lowest BCUT2D eigenvalue weighted by Gasteiger charge is -2.39. The monoisotopic (exact) mass is 421 g/mol. The van der Waals surface area contributed by atoms with E-state index in [9.17, 15) is 14.4 Å². The molecule has 0 spiro atoms. The van der Waals surface area contributed by atoms with Gasteiger partial charge in [0, 0.05) is 52.7 Å². The van der Waals surface area contributed by atoms with E-state index in [1.54, 1.807) is 18.3 Å². The fraction of sp³-hybridized carbons (Fsp3) is 0.318. The Morgan fingerprint density at radius 1 is 1.00 bits per heavy atom. The second kappa shape index (κ2) is 8.65. The minimum Gasteiger partial charge on any atom is -0.375 e. The van der Waals surface area contributed by atoms with Crippen molar-refractivity contribution in [1.82, 2.24) is 19.8 Å². The number of amides is 1. The SMILES string of the molecule is COCC(=O)N(C)C1=C(N2CCN(c3ccccn3)CC2)C(=O)c2ncccc2C1=O. The summed E-state index contributed by atoms with van der Waals surface area (Å²) in [7, 11) is 2.90. The number of rotatable bonds is 5. The topological polar surface area (TPSA) is 95.9 Å². The van der Waals surface area contributed by atoms with Crippen LogP contribution >= 0.6 is 0 Å². The van der Waals surface area contributed by atoms with E-state index < -0.39 is 11.7 Å². The number of nitrogens with zero attached hydrogens (tertiary/aromatic N) is 5. The van der Waals surface area contributed by atoms with Crippen molar-refractivity contribution in [2.45, 2.75) is 0 Å². The smallest absolute Gasteiger partial charge is 0.252 e. The zero-order chi connectivity index (χ0) is 22.0. The normalized spacial score (nSPS) is 16.5. The number of ether oxygens (including phenoxy) is 1. The van der Waals surface area contributed by atoms with Gasteiger partial charge >= 0.3 is 0 Å². The number of hydrogen-bond acceptors (Lipinski definition) is 8. The molecule has 0 saturated carbocycles. The number of ketones is 2. The van der Waals surface area contributed by atoms with Gasteiger partial charge in [-0.3, -0.25) is 19.4 Å². The number of carbonyl (C=O) groups is 3. The van der Waals surface area contributed by atoms with Gasteiger partial charge in [0.25, 0.3) is 5.91 Å². The number of Topliss-reactive ketones (excluding diaryl/α,β-unsaturated/α-hetero) is 2. The van der Waals surface area contributed by atoms with E-state index in [0.29, 0.717) is 26.2 Å². The maximum absolute atomic E-state index is 13.4. The maximum Gasteiger partial charge on any atom is 0.252 e. The standard InChI is InChI=1S/C22H23N5O4/c1-25(17(28)14-31-2)19-20(22(30)18-15(21(19)29)6-5-9-24-18)27-12-10-26(11-13-27)16-7-3-4-8-23-16/h3-9H,10-14H2,1-2H3. The molecule has 4 rings (SSSR count). The molecule has 1 aliphatic carbocycles. The molecule has 9 nitrogen and oxygen atoms in total. The third-order valence-corrected chi connectivity index (χ3v) is 5.47. The summed E-state index contributed by atoms with van der Waals surface area (Å²) in [5.41, 5.74) is 0.601. The number of hydrogen-bond donors (Lipinski definition) is 0. The number of allylic oxidation sites excluding steroid dienone is 2. The summed E-state index contributed by atoms with van der Waals surface area (Å²) < 4.78 is 4.94. The number of likely N-dealkylation sites (N-methyl/N-ethyl adjacent to an activating group) is 1. The minimum absolute atomic E-state index is 0.0684. The van der Waals surface area contributed by atoms with Crippen LogP contribution in [0.3, 0.4) is 0 Å². The van der Waals surface area contributed by atoms with E-state index in [-0.39, 0.29) is 35.0 Å². The molecule has 1 fully saturated rings. The third-order valence-electron chi connectivity index (χ3n) is 5.47. The molecule has 31 heavy (non-hydrogen) atoms. The molecule has 1 amide bonds. The Labute approximate surface area is 179 Å². The average Bonchev–Trinajstić information content (AvgIpc) is 2.81. The van der Waals surface area contributed by atoms with E-state index in [4.69, 9.17) is 4.74 Å². The first-order valence-electron chi connectivity index (χ1n) is 9.98. The van der Waals surface area contributed by atoms with Crippen molar-refractivity contribution in [2.75, 3.05) is 51.8 Å². The molecule has 3 heterocycles. The van der Waals surface area contributed by atoms with Crippen LogP contribution in [0.2, 0.25) is 0 Å². The van der Waals surface area contributed by atoms with Crippen LogP contribution in [0.5, 0.6) is 0 Å². The summed E-state index contributed by atoms with van der Waals surface area (Å²) in [6.45, 7) is 2.06. The predicted octanol–water partition coefficient (Wildman–Crippen LogP) is 0.994. The van der Waals surface area contributed by atoms with E-state index in [1.165, 1.54) is 25.3 Å². The van der Waals surface area contributed by atoms with Gasteiger partial charge < -0.3 is 19.4 Å². The Balaban J connectivity index is 1.69. The first-order valence-corrected chi connectivity index (χ1v) is 9.98. The van der Waals surface area contributed by atoms with E-state index in [2.05, 4.69) is 14.9 Å². The van der Waals surface area contributed by atoms with Crippen LogP contribution in [0.25, 0.3) is 0 Å². The van der Waals surface area contributed by atoms with Crippen LogP contribution in [-0.2, 0) is 9.53 Å². The zero-order valence-corrected chi connectivity index (χ0v) is 17.4. The van der Waals surface area contributed by atoms with Gasteiger partial charge in [0.15, 0.2) is 0 Å². The molecule has 160 valence electrons. The number of carbonyl (C=O) groups excluding carboxylic acids is 3. The molecule has 9 heteroatoms. The second-order valence-corrected chi connectivity index (χ2v) is 7.30. The predicted molar refractivity (Wildman–Crippen MR) is 113 cm³/mol. The molecular weight excluding hydrogens is 398 g/mol. The van der Waals surface area contributed by atoms with Gasteiger partial charge in [-0.2, -0.15) is 0 Å². The highest BCUT2D eigenvalue weighted by molar-refractivity contribution is 6.26. The lowest BCUT2D eigenvalue weighted by Crippen LogP contribution is -2.50. The lowest BCUT2D eigenvalue weighted by atomic mass is 9.92. The Morgan fingerprint density at radius 2 is 1.71 bits per heavy atom. The highest BCUT2D eigenvalue weighted by atomic mass is 16.5. The summed E-state index contributed by atoms with van der Waals surface area (Å²) in [4.78, 5) is 53.0. The highest BCUT2D eigenvalue weighted by Gasteiger charge is 2.40. The third kappa shape index (κ3) is 3.79. The summed E-state index contributed by atoms with van der Waals surface area (Å²) in [6, 6.07) is 8.90. The van der Waals surface area contributed by atoms with E-state index >= 15 is 0 Å². The molecule has 0 unspecified atom stereocenters. The summed E-state index contributed by atoms with van der Waals surface area (Å²) in [6.07, 6.45) is 3.23. The van der Waals surface area contributed by atoms with Crippen LogP contribution in [0, 0.1) is 0 Å². The van der Waals surface area contributed by atoms with Crippen LogP contribution in [0.1, 0.15) is 20.8 Å². The second-order valence-electron chi connectivity index (χ2n) is 7.30. The average molecular weight is 421 g/mol. The maximum atomic E-state index is 13.4. The number of piperazine rings is 1. The molecule has 0 aromatic carbocycles. The van der Waals surface area contributed by atoms with Crippen LogP contribution in [0.15, 0.2) is 54.1 Å². The van der Waals surface area contributed by atoms with Gasteiger partial charge in [-0.1, -0.05) is 6.07 Å². The molecule has 2 aromatic rings. The Bertz CT molecular complexity index is 1040. The number of pyridine rings is 2. The summed E-state index contributed by atoms with van der Waals surface area (Å²) in [5, 5.41) is 0. The van der Waals surface area contributed by atoms with Crippen molar-refractivity contribution in [2.24, 2.45) is 0 Å². The minimum atomic E-state index is -0.407. The molecule has 2 aromatic heterocycles. The van der Waals surface area contributed by atoms with E-state index in [0.717, 1.165) is 5.82 Å². The zero-order valence-electron chi connectivity index (χ0n) is 17.4. The Morgan fingerprint density at radius 3 is 2.39 bits per heavy atom. The molecule has 1 saturated heterocycles. The van der Waals surface area contributed by atoms with Crippen molar-refractivity contribution < 1.29 is 19.1 Å². The van der Waals surface area contributed by atoms with Crippen molar-refractivity contribution >= 4 is 23.3 Å². The number of anilines is 1. The number of fused-ring (bicyclic) bond motifs is 1. The molecular formula is C22H23N5O4. The van der Waals surface area contributed by atoms with Gasteiger partial charge in [0.1, 0.15) is 29.5 Å². The molecule has 1 aliphatic heterocycles. The van der Waals surface area contributed by atoms with Gasteiger partial charge in [-0.25, -0.2) is 4.98 Å². The van der Waals surface area contributed by atoms with Gasteiger partial charge in [0.05, 0.1) is 5.56 Å². The van der Waals surface area contributed by atoms with Crippen molar-refractivity contribution in [3.8, 4) is 0 Å². The first-order chi connectivity index (χ1) is 15.0. The van der Waals surface area contributed by atoms with Crippen molar-refractivity contribution in [3.05, 3.63) is 65.4 Å². The molecule has 0 bridgehead atoms. The Hall–Kier alpha value is -3.59. The number of methoxy groups -OCH3 is 1. The van der Waals surface area contributed by atoms with Crippen molar-refractivity contribution in [1.29, 1.82) is 0 Å². The van der Waals surface area contributed by atoms with Gasteiger partial charge in [0.2, 0.25) is 11.6 Å². The highest BCUT2D eigenvalue weighted by Crippen LogP contribution is 2.30. The molecule has 0 N–H and O–H groups in total. The first kappa shape index (κ1) is 20.7. The largest absolute Gasteiger partial charge is 0.375 e. The molecule has 0 radical (unpaired) electrons. The summed E-state index contributed by atoms with van der Waals surface area (Å²) >= 11 is 0. The molecule has 0 atom stereocenters. The van der Waals surface area contributed by atoms with Crippen LogP contribution in [0.4, 0.5) is 5.82 Å². The lowest BCUT2D eigenvalue weighted by molar-refractivity contribution is -0.131. The van der Waals surface area contributed by atoms with Crippen LogP contribution < -0.4 is 4.90 Å². The van der Waals surface area contributed by atoms with E-state index in [1.807, 2.05) is 23.1 Å². The molecule has 2 aliphatic rings. The summed E-state index contributed by atoms with van der Waals surface area (Å²) in [5.74, 6) is -0.289. The van der Waals surface area contributed by atoms with Crippen LogP contribution in [-0.4, -0.2) is 84.2 Å².